The van der Waals surface area contributed by atoms with Gasteiger partial charge in [0.05, 0.1) is 17.1 Å². The first-order valence-electron chi connectivity index (χ1n) is 11.8. The number of pyridine rings is 1. The standard InChI is InChI=1S/C25H28F3N5O5S/c1-13(2)20(21(35)25(26,27)28)32-19(34)11-33-22(18-6-5-7-39-18)29-10-17(23(33)36)31-24(37)38-12-16-8-14(3)30-15(4)9-16/h5-10,13,20-21,35H,11-12H2,1-4H3,(H,31,37)(H,32,34). The molecule has 14 heteroatoms. The summed E-state index contributed by atoms with van der Waals surface area (Å²) in [5.41, 5.74) is 1.05. The fourth-order valence-corrected chi connectivity index (χ4v) is 4.54. The molecule has 10 nitrogen and oxygen atoms in total. The van der Waals surface area contributed by atoms with Crippen LogP contribution >= 0.6 is 11.3 Å². The molecular formula is C25H28F3N5O5S. The molecule has 0 aliphatic heterocycles. The largest absolute Gasteiger partial charge is 0.444 e. The van der Waals surface area contributed by atoms with Gasteiger partial charge in [-0.2, -0.15) is 13.2 Å². The maximum absolute atomic E-state index is 13.3. The molecule has 39 heavy (non-hydrogen) atoms. The Morgan fingerprint density at radius 3 is 2.44 bits per heavy atom. The van der Waals surface area contributed by atoms with Crippen LogP contribution in [0.2, 0.25) is 0 Å². The molecule has 0 bridgehead atoms. The number of nitrogens with one attached hydrogen (secondary N) is 2. The summed E-state index contributed by atoms with van der Waals surface area (Å²) in [6, 6.07) is 5.16. The minimum Gasteiger partial charge on any atom is -0.444 e. The number of halogens is 3. The molecule has 0 aliphatic carbocycles. The van der Waals surface area contributed by atoms with E-state index >= 15 is 0 Å². The van der Waals surface area contributed by atoms with E-state index in [9.17, 15) is 32.7 Å². The van der Waals surface area contributed by atoms with E-state index in [4.69, 9.17) is 4.74 Å². The molecule has 0 fully saturated rings. The van der Waals surface area contributed by atoms with Crippen LogP contribution in [0.25, 0.3) is 10.7 Å². The lowest BCUT2D eigenvalue weighted by molar-refractivity contribution is -0.215. The summed E-state index contributed by atoms with van der Waals surface area (Å²) in [5.74, 6) is -1.65. The number of thiophene rings is 1. The van der Waals surface area contributed by atoms with Gasteiger partial charge in [-0.15, -0.1) is 11.3 Å². The van der Waals surface area contributed by atoms with Crippen molar-refractivity contribution in [2.24, 2.45) is 5.92 Å². The second kappa shape index (κ2) is 12.4. The number of aliphatic hydroxyl groups excluding tert-OH is 1. The van der Waals surface area contributed by atoms with E-state index in [1.807, 2.05) is 0 Å². The van der Waals surface area contributed by atoms with Crippen molar-refractivity contribution in [1.82, 2.24) is 19.9 Å². The smallest absolute Gasteiger partial charge is 0.416 e. The Morgan fingerprint density at radius 2 is 1.87 bits per heavy atom. The molecule has 0 saturated carbocycles. The Balaban J connectivity index is 1.83. The van der Waals surface area contributed by atoms with Gasteiger partial charge in [0.15, 0.2) is 11.9 Å². The summed E-state index contributed by atoms with van der Waals surface area (Å²) in [7, 11) is 0. The highest BCUT2D eigenvalue weighted by Crippen LogP contribution is 2.26. The summed E-state index contributed by atoms with van der Waals surface area (Å²) in [5, 5.41) is 15.9. The van der Waals surface area contributed by atoms with Gasteiger partial charge in [0.1, 0.15) is 18.8 Å². The summed E-state index contributed by atoms with van der Waals surface area (Å²) < 4.78 is 45.5. The minimum absolute atomic E-state index is 0.0734. The third kappa shape index (κ3) is 7.86. The zero-order chi connectivity index (χ0) is 28.9. The summed E-state index contributed by atoms with van der Waals surface area (Å²) in [6.45, 7) is 5.61. The van der Waals surface area contributed by atoms with Gasteiger partial charge in [0.2, 0.25) is 5.91 Å². The SMILES string of the molecule is Cc1cc(COC(=O)Nc2cnc(-c3cccs3)n(CC(=O)NC(C(C)C)C(O)C(F)(F)F)c2=O)cc(C)n1. The highest BCUT2D eigenvalue weighted by molar-refractivity contribution is 7.13. The molecule has 3 N–H and O–H groups in total. The number of nitrogens with zero attached hydrogens (tertiary/aromatic N) is 3. The third-order valence-electron chi connectivity index (χ3n) is 5.56. The molecule has 0 spiro atoms. The Morgan fingerprint density at radius 1 is 1.21 bits per heavy atom. The maximum Gasteiger partial charge on any atom is 0.416 e. The predicted molar refractivity (Wildman–Crippen MR) is 138 cm³/mol. The number of amides is 2. The molecule has 0 aliphatic rings. The van der Waals surface area contributed by atoms with E-state index in [1.165, 1.54) is 25.2 Å². The Labute approximate surface area is 225 Å². The van der Waals surface area contributed by atoms with E-state index in [-0.39, 0.29) is 18.1 Å². The lowest BCUT2D eigenvalue weighted by Crippen LogP contribution is -2.53. The normalized spacial score (nSPS) is 13.2. The van der Waals surface area contributed by atoms with Gasteiger partial charge in [-0.25, -0.2) is 9.78 Å². The van der Waals surface area contributed by atoms with Crippen LogP contribution in [0.4, 0.5) is 23.7 Å². The number of aryl methyl sites for hydroxylation is 2. The first kappa shape index (κ1) is 29.8. The molecule has 0 saturated heterocycles. The van der Waals surface area contributed by atoms with Crippen LogP contribution in [-0.4, -0.2) is 50.0 Å². The van der Waals surface area contributed by atoms with Crippen molar-refractivity contribution in [2.45, 2.75) is 59.2 Å². The van der Waals surface area contributed by atoms with Gasteiger partial charge < -0.3 is 15.2 Å². The number of alkyl halides is 3. The number of hydrogen-bond acceptors (Lipinski definition) is 8. The first-order valence-corrected chi connectivity index (χ1v) is 12.7. The molecule has 0 radical (unpaired) electrons. The molecule has 2 unspecified atom stereocenters. The number of aromatic nitrogens is 3. The van der Waals surface area contributed by atoms with Crippen LogP contribution in [0.15, 0.2) is 40.6 Å². The fourth-order valence-electron chi connectivity index (χ4n) is 3.82. The average Bonchev–Trinajstić information content (AvgIpc) is 3.37. The van der Waals surface area contributed by atoms with Crippen molar-refractivity contribution in [3.63, 3.8) is 0 Å². The average molecular weight is 568 g/mol. The molecule has 3 rings (SSSR count). The van der Waals surface area contributed by atoms with Crippen LogP contribution in [0, 0.1) is 19.8 Å². The van der Waals surface area contributed by atoms with Crippen LogP contribution in [0.1, 0.15) is 30.8 Å². The van der Waals surface area contributed by atoms with Crippen LogP contribution < -0.4 is 16.2 Å². The predicted octanol–water partition coefficient (Wildman–Crippen LogP) is 3.80. The summed E-state index contributed by atoms with van der Waals surface area (Å²) in [6.07, 6.45) is -7.60. The number of rotatable bonds is 9. The summed E-state index contributed by atoms with van der Waals surface area (Å²) in [4.78, 5) is 47.4. The number of hydrogen-bond donors (Lipinski definition) is 3. The maximum atomic E-state index is 13.3. The van der Waals surface area contributed by atoms with E-state index in [1.54, 1.807) is 43.5 Å². The summed E-state index contributed by atoms with van der Waals surface area (Å²) >= 11 is 1.22. The molecule has 3 heterocycles. The molecule has 2 amide bonds. The monoisotopic (exact) mass is 567 g/mol. The van der Waals surface area contributed by atoms with E-state index in [0.717, 1.165) is 22.2 Å². The van der Waals surface area contributed by atoms with Gasteiger partial charge in [-0.3, -0.25) is 24.5 Å². The third-order valence-corrected chi connectivity index (χ3v) is 6.43. The molecule has 210 valence electrons. The van der Waals surface area contributed by atoms with Crippen molar-refractivity contribution >= 4 is 29.0 Å². The van der Waals surface area contributed by atoms with Gasteiger partial charge in [0, 0.05) is 11.4 Å². The Hall–Kier alpha value is -3.78. The highest BCUT2D eigenvalue weighted by Gasteiger charge is 2.45. The van der Waals surface area contributed by atoms with Crippen LogP contribution in [0.3, 0.4) is 0 Å². The molecule has 3 aromatic heterocycles. The number of aliphatic hydroxyl groups is 1. The highest BCUT2D eigenvalue weighted by atomic mass is 32.1. The lowest BCUT2D eigenvalue weighted by atomic mass is 9.98. The molecule has 2 atom stereocenters. The van der Waals surface area contributed by atoms with E-state index in [0.29, 0.717) is 10.4 Å². The lowest BCUT2D eigenvalue weighted by Gasteiger charge is -2.29. The van der Waals surface area contributed by atoms with Crippen molar-refractivity contribution in [1.29, 1.82) is 0 Å². The van der Waals surface area contributed by atoms with Gasteiger partial charge in [-0.05, 0) is 48.9 Å². The van der Waals surface area contributed by atoms with Crippen LogP contribution in [-0.2, 0) is 22.7 Å². The Bertz CT molecular complexity index is 1360. The zero-order valence-corrected chi connectivity index (χ0v) is 22.4. The number of anilines is 1. The second-order valence-electron chi connectivity index (χ2n) is 9.15. The topological polar surface area (TPSA) is 135 Å². The quantitative estimate of drug-likeness (QED) is 0.358. The van der Waals surface area contributed by atoms with Crippen molar-refractivity contribution < 1.29 is 32.6 Å². The second-order valence-corrected chi connectivity index (χ2v) is 10.1. The van der Waals surface area contributed by atoms with E-state index < -0.39 is 48.3 Å². The van der Waals surface area contributed by atoms with Crippen molar-refractivity contribution in [3.8, 4) is 10.7 Å². The number of ether oxygens (including phenoxy) is 1. The zero-order valence-electron chi connectivity index (χ0n) is 21.6. The van der Waals surface area contributed by atoms with Crippen molar-refractivity contribution in [3.05, 3.63) is 63.1 Å². The van der Waals surface area contributed by atoms with E-state index in [2.05, 4.69) is 20.6 Å². The van der Waals surface area contributed by atoms with Crippen molar-refractivity contribution in [2.75, 3.05) is 5.32 Å². The van der Waals surface area contributed by atoms with Crippen LogP contribution in [0.5, 0.6) is 0 Å². The molecule has 0 aromatic carbocycles. The molecule has 3 aromatic rings. The fraction of sp³-hybridized carbons (Fsp3) is 0.400. The first-order chi connectivity index (χ1) is 18.3. The molecular weight excluding hydrogens is 539 g/mol. The van der Waals surface area contributed by atoms with Gasteiger partial charge >= 0.3 is 12.3 Å². The number of carbonyl (C=O) groups excluding carboxylic acids is 2. The number of carbonyl (C=O) groups is 2. The van der Waals surface area contributed by atoms with Gasteiger partial charge in [-0.1, -0.05) is 19.9 Å². The van der Waals surface area contributed by atoms with Gasteiger partial charge in [0.25, 0.3) is 5.56 Å². The minimum atomic E-state index is -4.96. The Kier molecular flexibility index (Phi) is 9.45.